The van der Waals surface area contributed by atoms with Crippen molar-refractivity contribution in [1.82, 2.24) is 4.72 Å². The van der Waals surface area contributed by atoms with Gasteiger partial charge in [-0.3, -0.25) is 4.79 Å². The van der Waals surface area contributed by atoms with Gasteiger partial charge in [0.15, 0.2) is 5.78 Å². The zero-order valence-electron chi connectivity index (χ0n) is 13.4. The average Bonchev–Trinajstić information content (AvgIpc) is 2.54. The summed E-state index contributed by atoms with van der Waals surface area (Å²) >= 11 is 0. The zero-order chi connectivity index (χ0) is 16.9. The van der Waals surface area contributed by atoms with Gasteiger partial charge in [0.25, 0.3) is 0 Å². The standard InChI is InChI=1S/C16H23NO5S/c1-3-23(19,20)17-15-8-9-21-10-13(15)11-22-16-7-5-4-6-14(16)12(2)18/h4-7,13,15,17H,3,8-11H2,1-2H3/t13-,15+/m1/s1. The molecule has 0 unspecified atom stereocenters. The summed E-state index contributed by atoms with van der Waals surface area (Å²) in [6.07, 6.45) is 0.613. The van der Waals surface area contributed by atoms with E-state index in [2.05, 4.69) is 4.72 Å². The molecule has 1 saturated heterocycles. The van der Waals surface area contributed by atoms with Crippen LogP contribution < -0.4 is 9.46 Å². The van der Waals surface area contributed by atoms with E-state index in [0.717, 1.165) is 0 Å². The van der Waals surface area contributed by atoms with E-state index in [0.29, 0.717) is 37.6 Å². The molecule has 0 bridgehead atoms. The van der Waals surface area contributed by atoms with E-state index in [1.54, 1.807) is 31.2 Å². The summed E-state index contributed by atoms with van der Waals surface area (Å²) < 4.78 is 37.5. The predicted molar refractivity (Wildman–Crippen MR) is 87.3 cm³/mol. The number of ether oxygens (including phenoxy) is 2. The molecule has 2 rings (SSSR count). The Bertz CT molecular complexity index is 644. The molecule has 0 aliphatic carbocycles. The van der Waals surface area contributed by atoms with Gasteiger partial charge in [-0.15, -0.1) is 0 Å². The number of carbonyl (C=O) groups excluding carboxylic acids is 1. The molecule has 0 radical (unpaired) electrons. The van der Waals surface area contributed by atoms with Gasteiger partial charge in [-0.25, -0.2) is 13.1 Å². The molecule has 1 aromatic carbocycles. The van der Waals surface area contributed by atoms with Crippen LogP contribution in [0.3, 0.4) is 0 Å². The summed E-state index contributed by atoms with van der Waals surface area (Å²) in [5.41, 5.74) is 0.523. The summed E-state index contributed by atoms with van der Waals surface area (Å²) in [6.45, 7) is 4.35. The molecule has 6 nitrogen and oxygen atoms in total. The van der Waals surface area contributed by atoms with E-state index in [-0.39, 0.29) is 23.5 Å². The lowest BCUT2D eigenvalue weighted by Crippen LogP contribution is -2.48. The molecule has 1 N–H and O–H groups in total. The minimum atomic E-state index is -3.27. The second-order valence-corrected chi connectivity index (χ2v) is 7.66. The van der Waals surface area contributed by atoms with Crippen molar-refractivity contribution in [2.45, 2.75) is 26.3 Å². The Hall–Kier alpha value is -1.44. The predicted octanol–water partition coefficient (Wildman–Crippen LogP) is 1.61. The number of benzene rings is 1. The lowest BCUT2D eigenvalue weighted by atomic mass is 9.97. The highest BCUT2D eigenvalue weighted by atomic mass is 32.2. The minimum absolute atomic E-state index is 0.0467. The Morgan fingerprint density at radius 3 is 2.83 bits per heavy atom. The van der Waals surface area contributed by atoms with E-state index < -0.39 is 10.0 Å². The van der Waals surface area contributed by atoms with Gasteiger partial charge in [-0.05, 0) is 32.4 Å². The first-order valence-electron chi connectivity index (χ1n) is 7.73. The normalized spacial score (nSPS) is 21.8. The van der Waals surface area contributed by atoms with E-state index in [1.165, 1.54) is 6.92 Å². The fraction of sp³-hybridized carbons (Fsp3) is 0.562. The molecule has 7 heteroatoms. The van der Waals surface area contributed by atoms with Crippen molar-refractivity contribution in [3.8, 4) is 5.75 Å². The first kappa shape index (κ1) is 17.9. The smallest absolute Gasteiger partial charge is 0.211 e. The van der Waals surface area contributed by atoms with Gasteiger partial charge in [-0.2, -0.15) is 0 Å². The summed E-state index contributed by atoms with van der Waals surface area (Å²) in [5, 5.41) is 0. The Morgan fingerprint density at radius 1 is 1.39 bits per heavy atom. The monoisotopic (exact) mass is 341 g/mol. The SMILES string of the molecule is CCS(=O)(=O)N[C@H]1CCOC[C@@H]1COc1ccccc1C(C)=O. The van der Waals surface area contributed by atoms with Gasteiger partial charge in [0, 0.05) is 18.6 Å². The van der Waals surface area contributed by atoms with Gasteiger partial charge >= 0.3 is 0 Å². The zero-order valence-corrected chi connectivity index (χ0v) is 14.3. The quantitative estimate of drug-likeness (QED) is 0.762. The van der Waals surface area contributed by atoms with Crippen molar-refractivity contribution in [2.75, 3.05) is 25.6 Å². The third kappa shape index (κ3) is 5.02. The van der Waals surface area contributed by atoms with Crippen LogP contribution in [0.15, 0.2) is 24.3 Å². The number of hydrogen-bond acceptors (Lipinski definition) is 5. The molecular weight excluding hydrogens is 318 g/mol. The van der Waals surface area contributed by atoms with Crippen LogP contribution in [0.2, 0.25) is 0 Å². The minimum Gasteiger partial charge on any atom is -0.492 e. The molecule has 1 heterocycles. The fourth-order valence-electron chi connectivity index (χ4n) is 2.51. The number of sulfonamides is 1. The Balaban J connectivity index is 2.04. The molecule has 1 aromatic rings. The summed E-state index contributed by atoms with van der Waals surface area (Å²) in [6, 6.07) is 6.83. The number of hydrogen-bond donors (Lipinski definition) is 1. The van der Waals surface area contributed by atoms with Crippen molar-refractivity contribution in [1.29, 1.82) is 0 Å². The molecule has 1 aliphatic rings. The van der Waals surface area contributed by atoms with Crippen molar-refractivity contribution in [2.24, 2.45) is 5.92 Å². The van der Waals surface area contributed by atoms with Crippen LogP contribution in [-0.4, -0.2) is 45.8 Å². The van der Waals surface area contributed by atoms with E-state index in [4.69, 9.17) is 9.47 Å². The second-order valence-electron chi connectivity index (χ2n) is 5.61. The van der Waals surface area contributed by atoms with E-state index in [1.807, 2.05) is 0 Å². The number of Topliss-reactive ketones (excluding diaryl/α,β-unsaturated/α-hetero) is 1. The summed E-state index contributed by atoms with van der Waals surface area (Å²) in [7, 11) is -3.27. The maximum absolute atomic E-state index is 11.8. The number of nitrogens with one attached hydrogen (secondary N) is 1. The Labute approximate surface area is 137 Å². The van der Waals surface area contributed by atoms with Crippen LogP contribution in [0, 0.1) is 5.92 Å². The molecule has 1 fully saturated rings. The van der Waals surface area contributed by atoms with Gasteiger partial charge in [0.05, 0.1) is 24.5 Å². The van der Waals surface area contributed by atoms with Crippen LogP contribution >= 0.6 is 0 Å². The molecule has 0 spiro atoms. The topological polar surface area (TPSA) is 81.7 Å². The van der Waals surface area contributed by atoms with Crippen molar-refractivity contribution < 1.29 is 22.7 Å². The third-order valence-electron chi connectivity index (χ3n) is 3.90. The number of rotatable bonds is 7. The molecule has 0 amide bonds. The first-order valence-corrected chi connectivity index (χ1v) is 9.38. The average molecular weight is 341 g/mol. The lowest BCUT2D eigenvalue weighted by Gasteiger charge is -2.31. The van der Waals surface area contributed by atoms with Crippen LogP contribution in [0.25, 0.3) is 0 Å². The largest absolute Gasteiger partial charge is 0.492 e. The number of ketones is 1. The molecule has 128 valence electrons. The second kappa shape index (κ2) is 7.90. The van der Waals surface area contributed by atoms with E-state index >= 15 is 0 Å². The molecule has 0 aromatic heterocycles. The summed E-state index contributed by atoms with van der Waals surface area (Å²) in [5.74, 6) is 0.405. The van der Waals surface area contributed by atoms with Gasteiger partial charge < -0.3 is 9.47 Å². The van der Waals surface area contributed by atoms with Gasteiger partial charge in [0.1, 0.15) is 5.75 Å². The van der Waals surface area contributed by atoms with Gasteiger partial charge in [0.2, 0.25) is 10.0 Å². The highest BCUT2D eigenvalue weighted by Gasteiger charge is 2.29. The van der Waals surface area contributed by atoms with Crippen LogP contribution in [-0.2, 0) is 14.8 Å². The van der Waals surface area contributed by atoms with Crippen LogP contribution in [0.1, 0.15) is 30.6 Å². The number of carbonyl (C=O) groups is 1. The maximum atomic E-state index is 11.8. The molecule has 0 saturated carbocycles. The molecule has 23 heavy (non-hydrogen) atoms. The Kier molecular flexibility index (Phi) is 6.15. The first-order chi connectivity index (χ1) is 10.9. The fourth-order valence-corrected chi connectivity index (χ4v) is 3.45. The highest BCUT2D eigenvalue weighted by Crippen LogP contribution is 2.22. The molecule has 2 atom stereocenters. The third-order valence-corrected chi connectivity index (χ3v) is 5.33. The van der Waals surface area contributed by atoms with Crippen molar-refractivity contribution in [3.63, 3.8) is 0 Å². The molecular formula is C16H23NO5S. The molecule has 1 aliphatic heterocycles. The maximum Gasteiger partial charge on any atom is 0.211 e. The van der Waals surface area contributed by atoms with Crippen LogP contribution in [0.5, 0.6) is 5.75 Å². The van der Waals surface area contributed by atoms with Crippen molar-refractivity contribution >= 4 is 15.8 Å². The van der Waals surface area contributed by atoms with Crippen molar-refractivity contribution in [3.05, 3.63) is 29.8 Å². The highest BCUT2D eigenvalue weighted by molar-refractivity contribution is 7.89. The number of para-hydroxylation sites is 1. The Morgan fingerprint density at radius 2 is 2.13 bits per heavy atom. The summed E-state index contributed by atoms with van der Waals surface area (Å²) in [4.78, 5) is 11.6. The van der Waals surface area contributed by atoms with E-state index in [9.17, 15) is 13.2 Å². The van der Waals surface area contributed by atoms with Gasteiger partial charge in [-0.1, -0.05) is 12.1 Å². The van der Waals surface area contributed by atoms with Crippen LogP contribution in [0.4, 0.5) is 0 Å². The lowest BCUT2D eigenvalue weighted by molar-refractivity contribution is 0.0185.